The summed E-state index contributed by atoms with van der Waals surface area (Å²) < 4.78 is 5.21. The molecule has 1 aliphatic carbocycles. The summed E-state index contributed by atoms with van der Waals surface area (Å²) in [6.07, 6.45) is 7.89. The van der Waals surface area contributed by atoms with Gasteiger partial charge in [0, 0.05) is 0 Å². The minimum absolute atomic E-state index is 0. The standard InChI is InChI=1S/C5H5.CH4N.2CH3.2ClH.H2Si.Ti/c1-2-4-5-3-1;1-2;;;;;;/h1-3H,4H2;2H,1H3;2*1H3;2*1H;1H2;/q;-1;;;;;;+1. The molecule has 0 radical (unpaired) electrons. The molecule has 1 rings (SSSR count). The summed E-state index contributed by atoms with van der Waals surface area (Å²) in [7, 11) is 4.30. The van der Waals surface area contributed by atoms with Crippen molar-refractivity contribution in [3.8, 4) is 0 Å². The van der Waals surface area contributed by atoms with Gasteiger partial charge in [-0.3, -0.25) is 0 Å². The summed E-state index contributed by atoms with van der Waals surface area (Å²) >= 11 is -2.29. The molecular weight excluding hydrogens is 257 g/mol. The molecule has 0 bridgehead atoms. The molecule has 1 N–H and O–H groups in total. The molecule has 0 fully saturated rings. The van der Waals surface area contributed by atoms with Crippen molar-refractivity contribution in [3.63, 3.8) is 0 Å². The van der Waals surface area contributed by atoms with E-state index in [1.807, 2.05) is 0 Å². The Balaban J connectivity index is 0. The first-order valence-corrected chi connectivity index (χ1v) is 12.8. The molecule has 0 amide bonds. The first-order chi connectivity index (χ1) is 4.94. The van der Waals surface area contributed by atoms with E-state index in [-0.39, 0.29) is 24.8 Å². The summed E-state index contributed by atoms with van der Waals surface area (Å²) in [6, 6.07) is 0. The predicted molar refractivity (Wildman–Crippen MR) is 65.7 cm³/mol. The van der Waals surface area contributed by atoms with Crippen LogP contribution in [0.1, 0.15) is 6.42 Å². The van der Waals surface area contributed by atoms with Crippen LogP contribution >= 0.6 is 24.8 Å². The molecule has 0 unspecified atom stereocenters. The molecule has 0 aromatic heterocycles. The zero-order valence-corrected chi connectivity index (χ0v) is 13.1. The third-order valence-electron chi connectivity index (χ3n) is 2.60. The molecule has 0 aromatic rings. The SMILES string of the molecule is C[NH][Ti]([CH3])([CH3])(=[SiH2])[C]1=CC=CC1.Cl.Cl. The fraction of sp³-hybridized carbons (Fsp3) is 0.500. The molecular formula is C8H19Cl2NSiTi. The molecule has 0 heterocycles. The van der Waals surface area contributed by atoms with Crippen LogP contribution < -0.4 is 3.80 Å². The van der Waals surface area contributed by atoms with Crippen LogP contribution in [0.3, 0.4) is 0 Å². The van der Waals surface area contributed by atoms with Crippen LogP contribution in [-0.4, -0.2) is 14.7 Å². The normalized spacial score (nSPS) is 15.8. The van der Waals surface area contributed by atoms with Gasteiger partial charge in [-0.15, -0.1) is 24.8 Å². The Labute approximate surface area is 96.1 Å². The van der Waals surface area contributed by atoms with E-state index in [1.165, 1.54) is 6.42 Å². The van der Waals surface area contributed by atoms with E-state index in [0.717, 1.165) is 0 Å². The van der Waals surface area contributed by atoms with Crippen molar-refractivity contribution in [1.82, 2.24) is 3.80 Å². The second-order valence-electron chi connectivity index (χ2n) is 4.26. The zero-order valence-electron chi connectivity index (χ0n) is 8.46. The number of hydrogen-bond donors (Lipinski definition) is 1. The number of halogens is 2. The van der Waals surface area contributed by atoms with Crippen LogP contribution in [0.4, 0.5) is 0 Å². The Bertz CT molecular complexity index is 291. The van der Waals surface area contributed by atoms with Gasteiger partial charge in [0.1, 0.15) is 0 Å². The number of nitrogens with one attached hydrogen (secondary N) is 1. The molecule has 13 heavy (non-hydrogen) atoms. The summed E-state index contributed by atoms with van der Waals surface area (Å²) in [5, 5.41) is 4.85. The molecule has 0 saturated heterocycles. The maximum absolute atomic E-state index is 3.56. The van der Waals surface area contributed by atoms with E-state index >= 15 is 0 Å². The molecule has 0 atom stereocenters. The van der Waals surface area contributed by atoms with E-state index < -0.39 is 14.3 Å². The van der Waals surface area contributed by atoms with E-state index in [2.05, 4.69) is 47.2 Å². The molecule has 0 aliphatic heterocycles. The average Bonchev–Trinajstić information content (AvgIpc) is 2.38. The van der Waals surface area contributed by atoms with E-state index in [1.54, 1.807) is 3.88 Å². The van der Waals surface area contributed by atoms with E-state index in [4.69, 9.17) is 0 Å². The molecule has 1 aliphatic rings. The van der Waals surface area contributed by atoms with Crippen LogP contribution in [0.2, 0.25) is 10.5 Å². The van der Waals surface area contributed by atoms with Gasteiger partial charge >= 0.3 is 71.8 Å². The Morgan fingerprint density at radius 1 is 1.38 bits per heavy atom. The van der Waals surface area contributed by atoms with Crippen LogP contribution in [0.5, 0.6) is 0 Å². The van der Waals surface area contributed by atoms with Gasteiger partial charge in [-0.25, -0.2) is 0 Å². The van der Waals surface area contributed by atoms with Crippen LogP contribution in [-0.2, 0) is 14.3 Å². The zero-order chi connectivity index (χ0) is 8.56. The Kier molecular flexibility index (Phi) is 6.49. The summed E-state index contributed by atoms with van der Waals surface area (Å²) in [5.74, 6) is 0. The topological polar surface area (TPSA) is 12.0 Å². The molecule has 0 aromatic carbocycles. The van der Waals surface area contributed by atoms with E-state index in [0.29, 0.717) is 0 Å². The van der Waals surface area contributed by atoms with Crippen LogP contribution in [0.15, 0.2) is 22.1 Å². The quantitative estimate of drug-likeness (QED) is 0.762. The van der Waals surface area contributed by atoms with Crippen LogP contribution in [0.25, 0.3) is 0 Å². The van der Waals surface area contributed by atoms with Crippen molar-refractivity contribution in [2.45, 2.75) is 16.9 Å². The fourth-order valence-corrected chi connectivity index (χ4v) is 4.98. The van der Waals surface area contributed by atoms with Crippen molar-refractivity contribution in [3.05, 3.63) is 22.1 Å². The molecule has 0 saturated carbocycles. The molecule has 5 heteroatoms. The van der Waals surface area contributed by atoms with Crippen molar-refractivity contribution in [2.24, 2.45) is 0 Å². The van der Waals surface area contributed by atoms with Gasteiger partial charge < -0.3 is 0 Å². The van der Waals surface area contributed by atoms with Crippen molar-refractivity contribution in [2.75, 3.05) is 7.05 Å². The maximum Gasteiger partial charge on any atom is -0.147 e. The Morgan fingerprint density at radius 2 is 1.92 bits per heavy atom. The van der Waals surface area contributed by atoms with Gasteiger partial charge in [0.2, 0.25) is 0 Å². The number of hydrogen-bond acceptors (Lipinski definition) is 1. The van der Waals surface area contributed by atoms with Gasteiger partial charge in [0.05, 0.1) is 0 Å². The van der Waals surface area contributed by atoms with Gasteiger partial charge in [0.15, 0.2) is 0 Å². The number of rotatable bonds is 2. The predicted octanol–water partition coefficient (Wildman–Crippen LogP) is 2.14. The van der Waals surface area contributed by atoms with Crippen molar-refractivity contribution >= 4 is 32.4 Å². The smallest absolute Gasteiger partial charge is 0.147 e. The van der Waals surface area contributed by atoms with Crippen molar-refractivity contribution in [1.29, 1.82) is 0 Å². The summed E-state index contributed by atoms with van der Waals surface area (Å²) in [5.41, 5.74) is 0. The van der Waals surface area contributed by atoms with Gasteiger partial charge in [0.25, 0.3) is 0 Å². The maximum atomic E-state index is 3.56. The van der Waals surface area contributed by atoms with Crippen molar-refractivity contribution < 1.29 is 14.3 Å². The average molecular weight is 276 g/mol. The van der Waals surface area contributed by atoms with E-state index in [9.17, 15) is 0 Å². The number of allylic oxidation sites excluding steroid dienone is 4. The fourth-order valence-electron chi connectivity index (χ4n) is 1.20. The second-order valence-corrected chi connectivity index (χ2v) is 23.2. The minimum Gasteiger partial charge on any atom is -0.147 e. The van der Waals surface area contributed by atoms with Gasteiger partial charge in [-0.1, -0.05) is 0 Å². The second kappa shape index (κ2) is 5.15. The third kappa shape index (κ3) is 3.90. The summed E-state index contributed by atoms with van der Waals surface area (Å²) in [4.78, 5) is 0. The molecule has 78 valence electrons. The van der Waals surface area contributed by atoms with Gasteiger partial charge in [-0.2, -0.15) is 0 Å². The molecule has 0 spiro atoms. The largest absolute Gasteiger partial charge is 0.147 e. The Morgan fingerprint density at radius 3 is 2.23 bits per heavy atom. The Hall–Kier alpha value is 0.951. The minimum atomic E-state index is -2.29. The first-order valence-electron chi connectivity index (χ1n) is 4.07. The summed E-state index contributed by atoms with van der Waals surface area (Å²) in [6.45, 7) is 0. The first kappa shape index (κ1) is 16.4. The van der Waals surface area contributed by atoms with Gasteiger partial charge in [-0.05, 0) is 0 Å². The van der Waals surface area contributed by atoms with Crippen LogP contribution in [0, 0.1) is 0 Å². The third-order valence-corrected chi connectivity index (χ3v) is 12.2. The molecule has 1 nitrogen and oxygen atoms in total. The monoisotopic (exact) mass is 275 g/mol.